The lowest BCUT2D eigenvalue weighted by Crippen LogP contribution is -2.46. The summed E-state index contributed by atoms with van der Waals surface area (Å²) in [4.78, 5) is 11.8. The van der Waals surface area contributed by atoms with E-state index < -0.39 is 10.0 Å². The van der Waals surface area contributed by atoms with Crippen molar-refractivity contribution in [2.75, 3.05) is 38.6 Å². The summed E-state index contributed by atoms with van der Waals surface area (Å²) < 4.78 is 36.7. The number of rotatable bonds is 9. The number of hydrogen-bond acceptors (Lipinski definition) is 5. The number of amides is 1. The van der Waals surface area contributed by atoms with Crippen molar-refractivity contribution in [3.63, 3.8) is 0 Å². The van der Waals surface area contributed by atoms with Gasteiger partial charge < -0.3 is 14.8 Å². The number of benzene rings is 1. The van der Waals surface area contributed by atoms with Crippen LogP contribution in [0.5, 0.6) is 5.75 Å². The predicted octanol–water partition coefficient (Wildman–Crippen LogP) is 1.01. The molecule has 1 saturated heterocycles. The van der Waals surface area contributed by atoms with Crippen molar-refractivity contribution in [3.05, 3.63) is 30.3 Å². The smallest absolute Gasteiger partial charge is 0.220 e. The first-order valence-electron chi connectivity index (χ1n) is 8.51. The van der Waals surface area contributed by atoms with E-state index in [1.807, 2.05) is 37.3 Å². The number of ether oxygens (including phenoxy) is 2. The van der Waals surface area contributed by atoms with Gasteiger partial charge in [0.25, 0.3) is 0 Å². The monoisotopic (exact) mass is 370 g/mol. The van der Waals surface area contributed by atoms with Crippen LogP contribution in [0.25, 0.3) is 0 Å². The standard InChI is InChI=1S/C17H26N2O5S/c1-15-14-19(10-12-23-15)25(21,22)13-9-18-17(20)8-5-11-24-16-6-3-2-4-7-16/h2-4,6-7,15H,5,8-14H2,1H3,(H,18,20). The fraction of sp³-hybridized carbons (Fsp3) is 0.588. The van der Waals surface area contributed by atoms with Crippen molar-refractivity contribution >= 4 is 15.9 Å². The third-order valence-corrected chi connectivity index (χ3v) is 5.68. The van der Waals surface area contributed by atoms with E-state index in [4.69, 9.17) is 9.47 Å². The molecular formula is C17H26N2O5S. The molecule has 1 heterocycles. The van der Waals surface area contributed by atoms with Gasteiger partial charge in [0.1, 0.15) is 5.75 Å². The Morgan fingerprint density at radius 1 is 1.36 bits per heavy atom. The molecule has 0 aromatic heterocycles. The number of carbonyl (C=O) groups excluding carboxylic acids is 1. The topological polar surface area (TPSA) is 84.9 Å². The third-order valence-electron chi connectivity index (χ3n) is 3.84. The first kappa shape index (κ1) is 19.7. The SMILES string of the molecule is CC1CN(S(=O)(=O)CCNC(=O)CCCOc2ccccc2)CCO1. The zero-order chi connectivity index (χ0) is 18.1. The van der Waals surface area contributed by atoms with E-state index in [0.717, 1.165) is 5.75 Å². The highest BCUT2D eigenvalue weighted by Gasteiger charge is 2.27. The van der Waals surface area contributed by atoms with Crippen LogP contribution in [0, 0.1) is 0 Å². The van der Waals surface area contributed by atoms with E-state index in [1.165, 1.54) is 4.31 Å². The summed E-state index contributed by atoms with van der Waals surface area (Å²) in [5.74, 6) is 0.516. The molecule has 0 radical (unpaired) electrons. The van der Waals surface area contributed by atoms with Crippen LogP contribution in [-0.4, -0.2) is 63.3 Å². The van der Waals surface area contributed by atoms with Crippen LogP contribution in [0.15, 0.2) is 30.3 Å². The average molecular weight is 370 g/mol. The Labute approximate surface area is 149 Å². The van der Waals surface area contributed by atoms with Crippen molar-refractivity contribution < 1.29 is 22.7 Å². The molecule has 0 spiro atoms. The van der Waals surface area contributed by atoms with Crippen LogP contribution < -0.4 is 10.1 Å². The van der Waals surface area contributed by atoms with Crippen LogP contribution in [0.2, 0.25) is 0 Å². The number of morpholine rings is 1. The minimum atomic E-state index is -3.36. The maximum absolute atomic E-state index is 12.2. The number of sulfonamides is 1. The first-order chi connectivity index (χ1) is 12.0. The summed E-state index contributed by atoms with van der Waals surface area (Å²) in [5, 5.41) is 2.66. The average Bonchev–Trinajstić information content (AvgIpc) is 2.59. The highest BCUT2D eigenvalue weighted by Crippen LogP contribution is 2.10. The van der Waals surface area contributed by atoms with Crippen molar-refractivity contribution in [3.8, 4) is 5.75 Å². The molecule has 0 saturated carbocycles. The van der Waals surface area contributed by atoms with Crippen LogP contribution in [-0.2, 0) is 19.6 Å². The highest BCUT2D eigenvalue weighted by molar-refractivity contribution is 7.89. The molecular weight excluding hydrogens is 344 g/mol. The molecule has 2 rings (SSSR count). The summed E-state index contributed by atoms with van der Waals surface area (Å²) in [5.41, 5.74) is 0. The maximum Gasteiger partial charge on any atom is 0.220 e. The molecule has 1 atom stereocenters. The van der Waals surface area contributed by atoms with E-state index in [0.29, 0.717) is 39.1 Å². The van der Waals surface area contributed by atoms with Crippen LogP contribution in [0.3, 0.4) is 0 Å². The molecule has 1 amide bonds. The normalized spacial score (nSPS) is 18.7. The summed E-state index contributed by atoms with van der Waals surface area (Å²) in [6, 6.07) is 9.40. The van der Waals surface area contributed by atoms with Gasteiger partial charge in [-0.05, 0) is 25.5 Å². The Bertz CT molecular complexity index is 636. The minimum Gasteiger partial charge on any atom is -0.494 e. The van der Waals surface area contributed by atoms with Crippen LogP contribution in [0.4, 0.5) is 0 Å². The van der Waals surface area contributed by atoms with E-state index in [1.54, 1.807) is 0 Å². The second-order valence-electron chi connectivity index (χ2n) is 5.97. The lowest BCUT2D eigenvalue weighted by atomic mass is 10.3. The summed E-state index contributed by atoms with van der Waals surface area (Å²) in [6.07, 6.45) is 0.790. The molecule has 7 nitrogen and oxygen atoms in total. The van der Waals surface area contributed by atoms with Gasteiger partial charge in [-0.25, -0.2) is 8.42 Å². The number of para-hydroxylation sites is 1. The summed E-state index contributed by atoms with van der Waals surface area (Å²) >= 11 is 0. The quantitative estimate of drug-likeness (QED) is 0.656. The van der Waals surface area contributed by atoms with E-state index in [2.05, 4.69) is 5.32 Å². The molecule has 1 fully saturated rings. The first-order valence-corrected chi connectivity index (χ1v) is 10.1. The molecule has 1 N–H and O–H groups in total. The molecule has 1 aromatic carbocycles. The van der Waals surface area contributed by atoms with E-state index in [9.17, 15) is 13.2 Å². The maximum atomic E-state index is 12.2. The van der Waals surface area contributed by atoms with Gasteiger partial charge in [0, 0.05) is 26.1 Å². The summed E-state index contributed by atoms with van der Waals surface area (Å²) in [6.45, 7) is 3.56. The molecule has 0 aliphatic carbocycles. The highest BCUT2D eigenvalue weighted by atomic mass is 32.2. The largest absolute Gasteiger partial charge is 0.494 e. The predicted molar refractivity (Wildman–Crippen MR) is 95.0 cm³/mol. The van der Waals surface area contributed by atoms with Gasteiger partial charge in [0.15, 0.2) is 0 Å². The van der Waals surface area contributed by atoms with Crippen molar-refractivity contribution in [2.45, 2.75) is 25.9 Å². The number of hydrogen-bond donors (Lipinski definition) is 1. The minimum absolute atomic E-state index is 0.0913. The lowest BCUT2D eigenvalue weighted by Gasteiger charge is -2.30. The zero-order valence-electron chi connectivity index (χ0n) is 14.5. The van der Waals surface area contributed by atoms with Gasteiger partial charge in [0.05, 0.1) is 25.1 Å². The molecule has 1 unspecified atom stereocenters. The Hall–Kier alpha value is -1.64. The molecule has 1 aliphatic heterocycles. The Balaban J connectivity index is 1.60. The molecule has 0 bridgehead atoms. The Morgan fingerprint density at radius 3 is 2.84 bits per heavy atom. The van der Waals surface area contributed by atoms with Crippen molar-refractivity contribution in [1.82, 2.24) is 9.62 Å². The fourth-order valence-corrected chi connectivity index (χ4v) is 3.92. The molecule has 25 heavy (non-hydrogen) atoms. The fourth-order valence-electron chi connectivity index (χ4n) is 2.52. The van der Waals surface area contributed by atoms with E-state index >= 15 is 0 Å². The van der Waals surface area contributed by atoms with Gasteiger partial charge in [-0.1, -0.05) is 18.2 Å². The number of nitrogens with zero attached hydrogens (tertiary/aromatic N) is 1. The Morgan fingerprint density at radius 2 is 2.12 bits per heavy atom. The van der Waals surface area contributed by atoms with Gasteiger partial charge in [0.2, 0.25) is 15.9 Å². The Kier molecular flexibility index (Phi) is 7.67. The van der Waals surface area contributed by atoms with Gasteiger partial charge in [-0.15, -0.1) is 0 Å². The second-order valence-corrected chi connectivity index (χ2v) is 8.06. The van der Waals surface area contributed by atoms with Gasteiger partial charge in [-0.2, -0.15) is 4.31 Å². The van der Waals surface area contributed by atoms with Crippen LogP contribution in [0.1, 0.15) is 19.8 Å². The summed E-state index contributed by atoms with van der Waals surface area (Å²) in [7, 11) is -3.36. The molecule has 140 valence electrons. The lowest BCUT2D eigenvalue weighted by molar-refractivity contribution is -0.121. The van der Waals surface area contributed by atoms with Gasteiger partial charge in [-0.3, -0.25) is 4.79 Å². The number of nitrogens with one attached hydrogen (secondary N) is 1. The van der Waals surface area contributed by atoms with Crippen molar-refractivity contribution in [2.24, 2.45) is 0 Å². The van der Waals surface area contributed by atoms with Gasteiger partial charge >= 0.3 is 0 Å². The number of carbonyl (C=O) groups is 1. The van der Waals surface area contributed by atoms with Crippen LogP contribution >= 0.6 is 0 Å². The van der Waals surface area contributed by atoms with E-state index in [-0.39, 0.29) is 24.3 Å². The van der Waals surface area contributed by atoms with Crippen molar-refractivity contribution in [1.29, 1.82) is 0 Å². The molecule has 8 heteroatoms. The third kappa shape index (κ3) is 7.01. The second kappa shape index (κ2) is 9.74. The molecule has 1 aromatic rings. The molecule has 1 aliphatic rings. The zero-order valence-corrected chi connectivity index (χ0v) is 15.3.